The summed E-state index contributed by atoms with van der Waals surface area (Å²) in [7, 11) is -4.22. The summed E-state index contributed by atoms with van der Waals surface area (Å²) in [4.78, 5) is 54.1. The van der Waals surface area contributed by atoms with Crippen LogP contribution in [0.4, 0.5) is 4.79 Å². The van der Waals surface area contributed by atoms with Crippen LogP contribution in [0, 0.1) is 0 Å². The molecule has 0 aromatic heterocycles. The molecule has 5 aromatic carbocycles. The Bertz CT molecular complexity index is 2400. The van der Waals surface area contributed by atoms with E-state index in [0.29, 0.717) is 16.9 Å². The molecule has 0 bridgehead atoms. The summed E-state index contributed by atoms with van der Waals surface area (Å²) in [5, 5.41) is 3.94. The zero-order chi connectivity index (χ0) is 42.3. The Hall–Kier alpha value is -6.38. The summed E-state index contributed by atoms with van der Waals surface area (Å²) >= 11 is 6.76. The molecule has 2 N–H and O–H groups in total. The molecule has 60 heavy (non-hydrogen) atoms. The van der Waals surface area contributed by atoms with Crippen molar-refractivity contribution >= 4 is 45.3 Å². The van der Waals surface area contributed by atoms with Crippen LogP contribution in [-0.4, -0.2) is 73.1 Å². The van der Waals surface area contributed by atoms with Crippen molar-refractivity contribution in [2.45, 2.75) is 48.8 Å². The smallest absolute Gasteiger partial charge is 0.407 e. The van der Waals surface area contributed by atoms with Gasteiger partial charge in [0.2, 0.25) is 5.91 Å². The summed E-state index contributed by atoms with van der Waals surface area (Å²) in [5.74, 6) is -1.52. The normalized spacial score (nSPS) is 18.8. The molecule has 13 nitrogen and oxygen atoms in total. The third-order valence-electron chi connectivity index (χ3n) is 10.4. The first kappa shape index (κ1) is 41.8. The number of fused-ring (bicyclic) bond motifs is 1. The van der Waals surface area contributed by atoms with E-state index in [1.54, 1.807) is 54.6 Å². The summed E-state index contributed by atoms with van der Waals surface area (Å²) in [6.45, 7) is 0.740. The first-order chi connectivity index (χ1) is 29.0. The molecule has 0 radical (unpaired) electrons. The van der Waals surface area contributed by atoms with Crippen LogP contribution in [0.5, 0.6) is 11.5 Å². The second-order valence-corrected chi connectivity index (χ2v) is 17.4. The first-order valence-corrected chi connectivity index (χ1v) is 21.1. The Morgan fingerprint density at radius 2 is 1.30 bits per heavy atom. The topological polar surface area (TPSA) is 167 Å². The van der Waals surface area contributed by atoms with Gasteiger partial charge < -0.3 is 34.5 Å². The molecule has 7 rings (SSSR count). The van der Waals surface area contributed by atoms with Gasteiger partial charge >= 0.3 is 12.1 Å². The molecule has 2 aliphatic heterocycles. The van der Waals surface area contributed by atoms with Crippen molar-refractivity contribution in [1.29, 1.82) is 0 Å². The number of benzene rings is 5. The van der Waals surface area contributed by atoms with E-state index in [-0.39, 0.29) is 49.1 Å². The van der Waals surface area contributed by atoms with Crippen LogP contribution in [0.1, 0.15) is 52.1 Å². The number of hydrogen-bond acceptors (Lipinski definition) is 10. The molecule has 0 saturated carbocycles. The van der Waals surface area contributed by atoms with Crippen LogP contribution < -0.4 is 20.1 Å². The molecule has 310 valence electrons. The highest BCUT2D eigenvalue weighted by Gasteiger charge is 2.71. The van der Waals surface area contributed by atoms with Crippen molar-refractivity contribution in [2.75, 3.05) is 19.7 Å². The average molecular weight is 852 g/mol. The second kappa shape index (κ2) is 18.3. The number of carbonyl (C=O) groups excluding carboxylic acids is 4. The maximum atomic E-state index is 14.0. The van der Waals surface area contributed by atoms with E-state index in [1.807, 2.05) is 72.8 Å². The van der Waals surface area contributed by atoms with Gasteiger partial charge in [0.25, 0.3) is 5.91 Å². The SMILES string of the molecule is C[C@]1(COC(=O)NCCNC(=O)c2ccc(OCc3ccccc3)c(OCc3ccccc3)c2Cl)[C@H](C(=O)OC(c2ccccc2)c2ccccc2)N2C(=O)C[C@H]2S1(=O)=O. The lowest BCUT2D eigenvalue weighted by Gasteiger charge is -2.37. The van der Waals surface area contributed by atoms with E-state index in [0.717, 1.165) is 16.0 Å². The zero-order valence-electron chi connectivity index (χ0n) is 32.5. The van der Waals surface area contributed by atoms with Crippen LogP contribution >= 0.6 is 11.6 Å². The number of alkyl carbamates (subject to hydrolysis) is 1. The lowest BCUT2D eigenvalue weighted by molar-refractivity contribution is -0.164. The van der Waals surface area contributed by atoms with Crippen LogP contribution in [0.2, 0.25) is 5.02 Å². The number of hydrogen-bond donors (Lipinski definition) is 2. The summed E-state index contributed by atoms with van der Waals surface area (Å²) in [6, 6.07) is 38.3. The predicted octanol–water partition coefficient (Wildman–Crippen LogP) is 6.40. The number of sulfone groups is 1. The Balaban J connectivity index is 0.978. The standard InChI is InChI=1S/C45H42ClN3O10S/c1-45(41(49-36(50)26-37(49)60(45,54)55)43(52)59-39(32-18-10-4-11-19-32)33-20-12-5-13-21-33)29-58-44(53)48-25-24-47-42(51)34-22-23-35(56-27-30-14-6-2-7-15-30)40(38(34)46)57-28-31-16-8-3-9-17-31/h2-23,37,39,41H,24-29H2,1H3,(H,47,51)(H,48,53)/t37-,41+,45+/m1/s1. The number of rotatable bonds is 16. The fourth-order valence-electron chi connectivity index (χ4n) is 7.14. The molecule has 0 spiro atoms. The largest absolute Gasteiger partial charge is 0.485 e. The molecular weight excluding hydrogens is 810 g/mol. The molecule has 2 aliphatic rings. The third kappa shape index (κ3) is 8.80. The van der Waals surface area contributed by atoms with Gasteiger partial charge in [-0.3, -0.25) is 9.59 Å². The van der Waals surface area contributed by atoms with Crippen molar-refractivity contribution < 1.29 is 46.5 Å². The minimum absolute atomic E-state index is 0.0301. The van der Waals surface area contributed by atoms with Gasteiger partial charge in [-0.1, -0.05) is 133 Å². The first-order valence-electron chi connectivity index (χ1n) is 19.2. The van der Waals surface area contributed by atoms with Crippen molar-refractivity contribution in [3.63, 3.8) is 0 Å². The van der Waals surface area contributed by atoms with Gasteiger partial charge in [-0.2, -0.15) is 0 Å². The molecule has 3 atom stereocenters. The second-order valence-electron chi connectivity index (χ2n) is 14.4. The monoisotopic (exact) mass is 851 g/mol. The van der Waals surface area contributed by atoms with Crippen molar-refractivity contribution in [1.82, 2.24) is 15.5 Å². The van der Waals surface area contributed by atoms with E-state index < -0.39 is 62.6 Å². The quantitative estimate of drug-likeness (QED) is 0.0645. The number of nitrogens with zero attached hydrogens (tertiary/aromatic N) is 1. The predicted molar refractivity (Wildman–Crippen MR) is 222 cm³/mol. The molecule has 2 heterocycles. The number of carbonyl (C=O) groups is 4. The maximum Gasteiger partial charge on any atom is 0.407 e. The molecule has 2 saturated heterocycles. The van der Waals surface area contributed by atoms with E-state index in [1.165, 1.54) is 13.0 Å². The van der Waals surface area contributed by atoms with E-state index >= 15 is 0 Å². The summed E-state index contributed by atoms with van der Waals surface area (Å²) in [5.41, 5.74) is 3.18. The number of halogens is 1. The van der Waals surface area contributed by atoms with Crippen molar-refractivity contribution in [3.8, 4) is 11.5 Å². The summed E-state index contributed by atoms with van der Waals surface area (Å²) < 4.78 is 49.2. The number of nitrogens with one attached hydrogen (secondary N) is 2. The van der Waals surface area contributed by atoms with Crippen LogP contribution in [0.25, 0.3) is 0 Å². The third-order valence-corrected chi connectivity index (χ3v) is 13.5. The van der Waals surface area contributed by atoms with Gasteiger partial charge in [0.1, 0.15) is 29.9 Å². The van der Waals surface area contributed by atoms with Crippen molar-refractivity contribution in [2.24, 2.45) is 0 Å². The highest BCUT2D eigenvalue weighted by Crippen LogP contribution is 2.47. The minimum atomic E-state index is -4.22. The fourth-order valence-corrected chi connectivity index (χ4v) is 9.71. The minimum Gasteiger partial charge on any atom is -0.485 e. The molecule has 3 amide bonds. The Morgan fingerprint density at radius 1 is 0.767 bits per heavy atom. The van der Waals surface area contributed by atoms with Gasteiger partial charge in [-0.05, 0) is 41.3 Å². The number of β-lactam (4-membered cyclic amide) rings is 1. The maximum absolute atomic E-state index is 14.0. The summed E-state index contributed by atoms with van der Waals surface area (Å²) in [6.07, 6.45) is -2.21. The van der Waals surface area contributed by atoms with E-state index in [9.17, 15) is 27.6 Å². The van der Waals surface area contributed by atoms with Gasteiger partial charge in [0.15, 0.2) is 33.5 Å². The van der Waals surface area contributed by atoms with Gasteiger partial charge in [-0.15, -0.1) is 0 Å². The highest BCUT2D eigenvalue weighted by molar-refractivity contribution is 7.94. The highest BCUT2D eigenvalue weighted by atomic mass is 35.5. The zero-order valence-corrected chi connectivity index (χ0v) is 34.1. The van der Waals surface area contributed by atoms with Gasteiger partial charge in [0, 0.05) is 13.1 Å². The van der Waals surface area contributed by atoms with Gasteiger partial charge in [-0.25, -0.2) is 18.0 Å². The number of ether oxygens (including phenoxy) is 4. The van der Waals surface area contributed by atoms with Crippen LogP contribution in [0.3, 0.4) is 0 Å². The molecule has 15 heteroatoms. The lowest BCUT2D eigenvalue weighted by Crippen LogP contribution is -2.58. The molecule has 0 unspecified atom stereocenters. The number of esters is 1. The van der Waals surface area contributed by atoms with Gasteiger partial charge in [0.05, 0.1) is 17.0 Å². The lowest BCUT2D eigenvalue weighted by atomic mass is 9.96. The Labute approximate surface area is 352 Å². The molecule has 2 fully saturated rings. The van der Waals surface area contributed by atoms with Crippen LogP contribution in [0.15, 0.2) is 133 Å². The fraction of sp³-hybridized carbons (Fsp3) is 0.244. The van der Waals surface area contributed by atoms with E-state index in [4.69, 9.17) is 30.5 Å². The molecule has 5 aromatic rings. The van der Waals surface area contributed by atoms with Crippen LogP contribution in [-0.2, 0) is 42.1 Å². The molecule has 0 aliphatic carbocycles. The average Bonchev–Trinajstić information content (AvgIpc) is 3.41. The Morgan fingerprint density at radius 3 is 1.87 bits per heavy atom. The van der Waals surface area contributed by atoms with E-state index in [2.05, 4.69) is 10.6 Å². The molecular formula is C45H42ClN3O10S. The number of amides is 3. The van der Waals surface area contributed by atoms with Crippen molar-refractivity contribution in [3.05, 3.63) is 166 Å². The Kier molecular flexibility index (Phi) is 12.7.